The van der Waals surface area contributed by atoms with Crippen molar-refractivity contribution in [1.82, 2.24) is 20.0 Å². The largest absolute Gasteiger partial charge is 0.316 e. The summed E-state index contributed by atoms with van der Waals surface area (Å²) in [5.41, 5.74) is 0.0572. The molecule has 0 amide bonds. The van der Waals surface area contributed by atoms with E-state index in [1.165, 1.54) is 25.2 Å². The van der Waals surface area contributed by atoms with Gasteiger partial charge in [-0.25, -0.2) is 0 Å². The van der Waals surface area contributed by atoms with E-state index in [2.05, 4.69) is 15.3 Å². The van der Waals surface area contributed by atoms with Crippen molar-refractivity contribution in [3.05, 3.63) is 22.5 Å². The molecule has 0 aromatic carbocycles. The zero-order valence-corrected chi connectivity index (χ0v) is 13.0. The zero-order chi connectivity index (χ0) is 13.0. The van der Waals surface area contributed by atoms with Gasteiger partial charge in [0.05, 0.1) is 11.5 Å². The van der Waals surface area contributed by atoms with Gasteiger partial charge in [0.15, 0.2) is 0 Å². The monoisotopic (exact) mass is 325 g/mol. The standard InChI is InChI=1S/C11H19N5O2.2ClH/c1-12-10-3-2-4-14(8-10)5-6-15-9-11(7-13-15)16(17)18;;/h7,9-10,12H,2-6,8H2,1H3;2*1H. The SMILES string of the molecule is CNC1CCCN(CCn2cc([N+](=O)[O-])cn2)C1.Cl.Cl. The summed E-state index contributed by atoms with van der Waals surface area (Å²) >= 11 is 0. The molecule has 1 aliphatic rings. The van der Waals surface area contributed by atoms with Crippen LogP contribution in [0.2, 0.25) is 0 Å². The average Bonchev–Trinajstić information content (AvgIpc) is 2.85. The highest BCUT2D eigenvalue weighted by atomic mass is 35.5. The summed E-state index contributed by atoms with van der Waals surface area (Å²) in [7, 11) is 1.99. The molecule has 1 saturated heterocycles. The Morgan fingerprint density at radius 3 is 2.85 bits per heavy atom. The van der Waals surface area contributed by atoms with Gasteiger partial charge in [0, 0.05) is 19.1 Å². The first-order valence-corrected chi connectivity index (χ1v) is 6.25. The van der Waals surface area contributed by atoms with Crippen LogP contribution in [0.15, 0.2) is 12.4 Å². The first-order chi connectivity index (χ1) is 8.69. The lowest BCUT2D eigenvalue weighted by Crippen LogP contribution is -2.45. The summed E-state index contributed by atoms with van der Waals surface area (Å²) < 4.78 is 1.64. The van der Waals surface area contributed by atoms with Gasteiger partial charge in [0.2, 0.25) is 0 Å². The molecule has 9 heteroatoms. The molecule has 0 spiro atoms. The Hall–Kier alpha value is -0.890. The van der Waals surface area contributed by atoms with E-state index in [0.29, 0.717) is 12.6 Å². The first kappa shape index (κ1) is 19.1. The molecule has 2 rings (SSSR count). The van der Waals surface area contributed by atoms with E-state index in [0.717, 1.165) is 19.6 Å². The molecule has 1 aromatic rings. The van der Waals surface area contributed by atoms with Gasteiger partial charge < -0.3 is 5.32 Å². The van der Waals surface area contributed by atoms with Crippen molar-refractivity contribution in [2.24, 2.45) is 0 Å². The number of nitrogens with zero attached hydrogens (tertiary/aromatic N) is 4. The molecule has 0 bridgehead atoms. The molecule has 7 nitrogen and oxygen atoms in total. The predicted octanol–water partition coefficient (Wildman–Crippen LogP) is 1.32. The van der Waals surface area contributed by atoms with Crippen molar-refractivity contribution in [3.63, 3.8) is 0 Å². The van der Waals surface area contributed by atoms with E-state index >= 15 is 0 Å². The van der Waals surface area contributed by atoms with E-state index in [1.807, 2.05) is 7.05 Å². The number of hydrogen-bond donors (Lipinski definition) is 1. The van der Waals surface area contributed by atoms with E-state index in [4.69, 9.17) is 0 Å². The highest BCUT2D eigenvalue weighted by Crippen LogP contribution is 2.11. The highest BCUT2D eigenvalue weighted by Gasteiger charge is 2.18. The first-order valence-electron chi connectivity index (χ1n) is 6.25. The third kappa shape index (κ3) is 5.24. The van der Waals surface area contributed by atoms with Gasteiger partial charge in [-0.15, -0.1) is 24.8 Å². The maximum absolute atomic E-state index is 10.5. The van der Waals surface area contributed by atoms with Gasteiger partial charge in [-0.3, -0.25) is 19.7 Å². The Bertz CT molecular complexity index is 415. The molecule has 116 valence electrons. The van der Waals surface area contributed by atoms with Gasteiger partial charge in [-0.05, 0) is 26.4 Å². The molecule has 0 aliphatic carbocycles. The summed E-state index contributed by atoms with van der Waals surface area (Å²) in [6.07, 6.45) is 5.21. The lowest BCUT2D eigenvalue weighted by atomic mass is 10.1. The minimum absolute atomic E-state index is 0. The van der Waals surface area contributed by atoms with Gasteiger partial charge >= 0.3 is 5.69 Å². The van der Waals surface area contributed by atoms with Crippen LogP contribution in [0.5, 0.6) is 0 Å². The second-order valence-electron chi connectivity index (χ2n) is 4.65. The molecule has 1 atom stereocenters. The number of aromatic nitrogens is 2. The number of halogens is 2. The molecule has 1 N–H and O–H groups in total. The van der Waals surface area contributed by atoms with Crippen molar-refractivity contribution < 1.29 is 4.92 Å². The normalized spacial score (nSPS) is 18.9. The Morgan fingerprint density at radius 1 is 1.50 bits per heavy atom. The van der Waals surface area contributed by atoms with Gasteiger partial charge in [0.25, 0.3) is 0 Å². The minimum Gasteiger partial charge on any atom is -0.316 e. The molecule has 0 radical (unpaired) electrons. The quantitative estimate of drug-likeness (QED) is 0.652. The second-order valence-corrected chi connectivity index (χ2v) is 4.65. The van der Waals surface area contributed by atoms with Crippen LogP contribution >= 0.6 is 24.8 Å². The maximum Gasteiger partial charge on any atom is 0.306 e. The van der Waals surface area contributed by atoms with Gasteiger partial charge in [0.1, 0.15) is 12.4 Å². The number of rotatable bonds is 5. The van der Waals surface area contributed by atoms with E-state index < -0.39 is 4.92 Å². The number of likely N-dealkylation sites (N-methyl/N-ethyl adjacent to an activating group) is 1. The number of nitro groups is 1. The fourth-order valence-corrected chi connectivity index (χ4v) is 2.31. The Labute approximate surface area is 130 Å². The smallest absolute Gasteiger partial charge is 0.306 e. The van der Waals surface area contributed by atoms with Gasteiger partial charge in [-0.1, -0.05) is 0 Å². The maximum atomic E-state index is 10.5. The van der Waals surface area contributed by atoms with E-state index in [-0.39, 0.29) is 30.5 Å². The topological polar surface area (TPSA) is 76.2 Å². The van der Waals surface area contributed by atoms with Crippen molar-refractivity contribution >= 4 is 30.5 Å². The van der Waals surface area contributed by atoms with Gasteiger partial charge in [-0.2, -0.15) is 5.10 Å². The lowest BCUT2D eigenvalue weighted by molar-refractivity contribution is -0.385. The summed E-state index contributed by atoms with van der Waals surface area (Å²) in [5.74, 6) is 0. The molecule has 1 fully saturated rings. The Morgan fingerprint density at radius 2 is 2.25 bits per heavy atom. The second kappa shape index (κ2) is 9.12. The summed E-state index contributed by atoms with van der Waals surface area (Å²) in [5, 5.41) is 17.8. The highest BCUT2D eigenvalue weighted by molar-refractivity contribution is 5.85. The third-order valence-electron chi connectivity index (χ3n) is 3.39. The van der Waals surface area contributed by atoms with E-state index in [9.17, 15) is 10.1 Å². The zero-order valence-electron chi connectivity index (χ0n) is 11.4. The van der Waals surface area contributed by atoms with Crippen molar-refractivity contribution in [3.8, 4) is 0 Å². The Balaban J connectivity index is 0.00000180. The molecule has 2 heterocycles. The van der Waals surface area contributed by atoms with Crippen molar-refractivity contribution in [2.45, 2.75) is 25.4 Å². The molecular formula is C11H21Cl2N5O2. The van der Waals surface area contributed by atoms with Crippen LogP contribution in [0.1, 0.15) is 12.8 Å². The van der Waals surface area contributed by atoms with Crippen LogP contribution in [-0.4, -0.2) is 52.3 Å². The van der Waals surface area contributed by atoms with E-state index in [1.54, 1.807) is 4.68 Å². The predicted molar refractivity (Wildman–Crippen MR) is 81.9 cm³/mol. The van der Waals surface area contributed by atoms with Crippen LogP contribution in [0.4, 0.5) is 5.69 Å². The average molecular weight is 326 g/mol. The number of hydrogen-bond acceptors (Lipinski definition) is 5. The van der Waals surface area contributed by atoms with Crippen molar-refractivity contribution in [2.75, 3.05) is 26.7 Å². The third-order valence-corrected chi connectivity index (χ3v) is 3.39. The summed E-state index contributed by atoms with van der Waals surface area (Å²) in [6, 6.07) is 0.561. The fraction of sp³-hybridized carbons (Fsp3) is 0.727. The Kier molecular flexibility index (Phi) is 8.71. The lowest BCUT2D eigenvalue weighted by Gasteiger charge is -2.32. The number of piperidine rings is 1. The molecule has 0 saturated carbocycles. The van der Waals surface area contributed by atoms with Crippen molar-refractivity contribution in [1.29, 1.82) is 0 Å². The molecule has 20 heavy (non-hydrogen) atoms. The summed E-state index contributed by atoms with van der Waals surface area (Å²) in [6.45, 7) is 3.72. The minimum atomic E-state index is -0.415. The number of likely N-dealkylation sites (tertiary alicyclic amines) is 1. The fourth-order valence-electron chi connectivity index (χ4n) is 2.31. The molecule has 1 aliphatic heterocycles. The van der Waals surface area contributed by atoms with Crippen LogP contribution < -0.4 is 5.32 Å². The summed E-state index contributed by atoms with van der Waals surface area (Å²) in [4.78, 5) is 12.5. The number of nitrogens with one attached hydrogen (secondary N) is 1. The van der Waals surface area contributed by atoms with Crippen LogP contribution in [0.25, 0.3) is 0 Å². The van der Waals surface area contributed by atoms with Crippen LogP contribution in [-0.2, 0) is 6.54 Å². The molecule has 1 aromatic heterocycles. The van der Waals surface area contributed by atoms with Crippen LogP contribution in [0.3, 0.4) is 0 Å². The van der Waals surface area contributed by atoms with Crippen LogP contribution in [0, 0.1) is 10.1 Å². The molecular weight excluding hydrogens is 305 g/mol. The molecule has 1 unspecified atom stereocenters.